The molecule has 2 rings (SSSR count). The number of aromatic nitrogens is 1. The second kappa shape index (κ2) is 4.72. The van der Waals surface area contributed by atoms with Crippen molar-refractivity contribution in [2.24, 2.45) is 12.8 Å². The highest BCUT2D eigenvalue weighted by atomic mass is 16.1. The van der Waals surface area contributed by atoms with Crippen molar-refractivity contribution in [3.05, 3.63) is 46.2 Å². The predicted molar refractivity (Wildman–Crippen MR) is 71.3 cm³/mol. The van der Waals surface area contributed by atoms with E-state index in [1.807, 2.05) is 37.4 Å². The molecule has 3 nitrogen and oxygen atoms in total. The highest BCUT2D eigenvalue weighted by Gasteiger charge is 2.14. The van der Waals surface area contributed by atoms with Gasteiger partial charge in [0.25, 0.3) is 5.56 Å². The van der Waals surface area contributed by atoms with Gasteiger partial charge in [-0.3, -0.25) is 4.79 Å². The number of rotatable bonds is 3. The minimum absolute atomic E-state index is 0.0704. The van der Waals surface area contributed by atoms with E-state index >= 15 is 0 Å². The lowest BCUT2D eigenvalue weighted by Crippen LogP contribution is -2.26. The van der Waals surface area contributed by atoms with Gasteiger partial charge >= 0.3 is 0 Å². The van der Waals surface area contributed by atoms with Crippen molar-refractivity contribution in [2.45, 2.75) is 19.3 Å². The highest BCUT2D eigenvalue weighted by Crippen LogP contribution is 2.19. The summed E-state index contributed by atoms with van der Waals surface area (Å²) < 4.78 is 1.71. The predicted octanol–water partition coefficient (Wildman–Crippen LogP) is 1.99. The Morgan fingerprint density at radius 2 is 2.06 bits per heavy atom. The second-order valence-electron chi connectivity index (χ2n) is 4.36. The summed E-state index contributed by atoms with van der Waals surface area (Å²) in [5.74, 6) is 0.151. The van der Waals surface area contributed by atoms with Crippen LogP contribution in [0.3, 0.4) is 0 Å². The summed E-state index contributed by atoms with van der Waals surface area (Å²) in [5, 5.41) is 1.09. The molecule has 0 saturated carbocycles. The van der Waals surface area contributed by atoms with Gasteiger partial charge in [0.15, 0.2) is 0 Å². The van der Waals surface area contributed by atoms with Gasteiger partial charge in [-0.1, -0.05) is 25.1 Å². The molecule has 0 radical (unpaired) electrons. The summed E-state index contributed by atoms with van der Waals surface area (Å²) >= 11 is 0. The van der Waals surface area contributed by atoms with Gasteiger partial charge in [-0.25, -0.2) is 0 Å². The van der Waals surface area contributed by atoms with Crippen molar-refractivity contribution in [1.82, 2.24) is 4.57 Å². The van der Waals surface area contributed by atoms with Crippen LogP contribution in [0.4, 0.5) is 0 Å². The zero-order valence-corrected chi connectivity index (χ0v) is 10.3. The number of nitrogens with two attached hydrogens (primary N) is 1. The number of pyridine rings is 1. The van der Waals surface area contributed by atoms with Crippen molar-refractivity contribution in [3.8, 4) is 0 Å². The van der Waals surface area contributed by atoms with E-state index in [-0.39, 0.29) is 11.5 Å². The number of aryl methyl sites for hydroxylation is 1. The van der Waals surface area contributed by atoms with Crippen LogP contribution < -0.4 is 11.3 Å². The van der Waals surface area contributed by atoms with E-state index in [0.717, 1.165) is 22.9 Å². The molecule has 3 heteroatoms. The molecule has 2 N–H and O–H groups in total. The maximum Gasteiger partial charge on any atom is 0.254 e. The summed E-state index contributed by atoms with van der Waals surface area (Å²) in [6.07, 6.45) is 0.893. The Labute approximate surface area is 101 Å². The quantitative estimate of drug-likeness (QED) is 0.876. The highest BCUT2D eigenvalue weighted by molar-refractivity contribution is 5.79. The smallest absolute Gasteiger partial charge is 0.254 e. The van der Waals surface area contributed by atoms with E-state index in [0.29, 0.717) is 6.54 Å². The van der Waals surface area contributed by atoms with Crippen molar-refractivity contribution in [1.29, 1.82) is 0 Å². The monoisotopic (exact) mass is 230 g/mol. The molecule has 1 aromatic heterocycles. The van der Waals surface area contributed by atoms with E-state index in [4.69, 9.17) is 5.73 Å². The summed E-state index contributed by atoms with van der Waals surface area (Å²) in [6.45, 7) is 2.58. The van der Waals surface area contributed by atoms with E-state index < -0.39 is 0 Å². The van der Waals surface area contributed by atoms with Crippen molar-refractivity contribution in [3.63, 3.8) is 0 Å². The fourth-order valence-electron chi connectivity index (χ4n) is 2.25. The normalized spacial score (nSPS) is 12.9. The Hall–Kier alpha value is -1.61. The topological polar surface area (TPSA) is 48.0 Å². The van der Waals surface area contributed by atoms with E-state index in [1.165, 1.54) is 0 Å². The van der Waals surface area contributed by atoms with Gasteiger partial charge < -0.3 is 10.3 Å². The fourth-order valence-corrected chi connectivity index (χ4v) is 2.25. The summed E-state index contributed by atoms with van der Waals surface area (Å²) in [5.41, 5.74) is 7.60. The Morgan fingerprint density at radius 1 is 1.35 bits per heavy atom. The maximum atomic E-state index is 12.2. The number of fused-ring (bicyclic) bond motifs is 1. The van der Waals surface area contributed by atoms with Crippen LogP contribution in [0.5, 0.6) is 0 Å². The summed E-state index contributed by atoms with van der Waals surface area (Å²) in [6, 6.07) is 9.91. The van der Waals surface area contributed by atoms with Gasteiger partial charge in [-0.15, -0.1) is 0 Å². The Bertz CT molecular complexity index is 582. The largest absolute Gasteiger partial charge is 0.330 e. The molecule has 0 bridgehead atoms. The van der Waals surface area contributed by atoms with Crippen LogP contribution in [0.1, 0.15) is 24.8 Å². The van der Waals surface area contributed by atoms with Gasteiger partial charge in [-0.05, 0) is 30.5 Å². The fraction of sp³-hybridized carbons (Fsp3) is 0.357. The first-order valence-corrected chi connectivity index (χ1v) is 5.97. The average molecular weight is 230 g/mol. The Kier molecular flexibility index (Phi) is 3.29. The molecule has 0 aliphatic carbocycles. The molecule has 90 valence electrons. The van der Waals surface area contributed by atoms with Crippen LogP contribution in [-0.4, -0.2) is 11.1 Å². The minimum Gasteiger partial charge on any atom is -0.330 e. The molecule has 0 spiro atoms. The Balaban J connectivity index is 2.74. The molecule has 1 heterocycles. The first-order valence-electron chi connectivity index (χ1n) is 5.97. The molecular weight excluding hydrogens is 212 g/mol. The number of hydrogen-bond acceptors (Lipinski definition) is 2. The van der Waals surface area contributed by atoms with Crippen LogP contribution in [-0.2, 0) is 7.05 Å². The van der Waals surface area contributed by atoms with Gasteiger partial charge in [-0.2, -0.15) is 0 Å². The molecule has 0 saturated heterocycles. The van der Waals surface area contributed by atoms with Gasteiger partial charge in [0, 0.05) is 18.5 Å². The van der Waals surface area contributed by atoms with Crippen LogP contribution >= 0.6 is 0 Å². The third-order valence-corrected chi connectivity index (χ3v) is 3.38. The summed E-state index contributed by atoms with van der Waals surface area (Å²) in [4.78, 5) is 12.2. The zero-order valence-electron chi connectivity index (χ0n) is 10.3. The Morgan fingerprint density at radius 3 is 2.71 bits per heavy atom. The first kappa shape index (κ1) is 11.9. The molecule has 0 aliphatic heterocycles. The van der Waals surface area contributed by atoms with E-state index in [9.17, 15) is 4.79 Å². The number of nitrogens with zero attached hydrogens (tertiary/aromatic N) is 1. The van der Waals surface area contributed by atoms with Crippen LogP contribution in [0.2, 0.25) is 0 Å². The van der Waals surface area contributed by atoms with E-state index in [2.05, 4.69) is 6.92 Å². The second-order valence-corrected chi connectivity index (χ2v) is 4.36. The molecule has 1 unspecified atom stereocenters. The van der Waals surface area contributed by atoms with Crippen molar-refractivity contribution in [2.75, 3.05) is 6.54 Å². The maximum absolute atomic E-state index is 12.2. The minimum atomic E-state index is 0.0704. The van der Waals surface area contributed by atoms with Gasteiger partial charge in [0.2, 0.25) is 0 Å². The molecule has 2 aromatic rings. The van der Waals surface area contributed by atoms with Crippen LogP contribution in [0.15, 0.2) is 35.1 Å². The SMILES string of the molecule is CCC(CN)c1cc2ccccc2n(C)c1=O. The molecular formula is C14H18N2O. The molecule has 1 atom stereocenters. The third kappa shape index (κ3) is 1.98. The standard InChI is InChI=1S/C14H18N2O/c1-3-10(9-15)12-8-11-6-4-5-7-13(11)16(2)14(12)17/h4-8,10H,3,9,15H2,1-2H3. The molecule has 0 aliphatic rings. The molecule has 0 fully saturated rings. The van der Waals surface area contributed by atoms with Crippen LogP contribution in [0, 0.1) is 0 Å². The number of hydrogen-bond donors (Lipinski definition) is 1. The number of para-hydroxylation sites is 1. The summed E-state index contributed by atoms with van der Waals surface area (Å²) in [7, 11) is 1.82. The lowest BCUT2D eigenvalue weighted by atomic mass is 9.96. The van der Waals surface area contributed by atoms with Crippen molar-refractivity contribution >= 4 is 10.9 Å². The average Bonchev–Trinajstić information content (AvgIpc) is 2.37. The van der Waals surface area contributed by atoms with Crippen LogP contribution in [0.25, 0.3) is 10.9 Å². The molecule has 1 aromatic carbocycles. The van der Waals surface area contributed by atoms with Gasteiger partial charge in [0.05, 0.1) is 5.52 Å². The zero-order chi connectivity index (χ0) is 12.4. The van der Waals surface area contributed by atoms with Crippen molar-refractivity contribution < 1.29 is 0 Å². The van der Waals surface area contributed by atoms with E-state index in [1.54, 1.807) is 4.57 Å². The molecule has 17 heavy (non-hydrogen) atoms. The lowest BCUT2D eigenvalue weighted by Gasteiger charge is -2.15. The first-order chi connectivity index (χ1) is 8.19. The third-order valence-electron chi connectivity index (χ3n) is 3.38. The van der Waals surface area contributed by atoms with Gasteiger partial charge in [0.1, 0.15) is 0 Å². The molecule has 0 amide bonds. The lowest BCUT2D eigenvalue weighted by molar-refractivity contribution is 0.658. The number of benzene rings is 1.